The number of ether oxygens (including phenoxy) is 2. The molecule has 1 fully saturated rings. The van der Waals surface area contributed by atoms with E-state index >= 15 is 0 Å². The van der Waals surface area contributed by atoms with Crippen LogP contribution in [0, 0.1) is 11.6 Å². The number of carbonyl (C=O) groups excluding carboxylic acids is 3. The number of fused-ring (bicyclic) bond motifs is 1. The van der Waals surface area contributed by atoms with Crippen LogP contribution in [-0.4, -0.2) is 106 Å². The van der Waals surface area contributed by atoms with Crippen molar-refractivity contribution in [2.24, 2.45) is 0 Å². The molecular formula is C35H41F2N7O5. The number of likely N-dealkylation sites (tertiary alicyclic amines) is 1. The van der Waals surface area contributed by atoms with Crippen LogP contribution in [0.25, 0.3) is 5.78 Å². The number of hydrogen-bond donors (Lipinski definition) is 2. The van der Waals surface area contributed by atoms with Crippen molar-refractivity contribution in [2.45, 2.75) is 57.0 Å². The molecular weight excluding hydrogens is 636 g/mol. The van der Waals surface area contributed by atoms with Crippen molar-refractivity contribution in [1.29, 1.82) is 0 Å². The van der Waals surface area contributed by atoms with Crippen molar-refractivity contribution < 1.29 is 32.6 Å². The predicted molar refractivity (Wildman–Crippen MR) is 177 cm³/mol. The molecule has 260 valence electrons. The van der Waals surface area contributed by atoms with E-state index in [-0.39, 0.29) is 43.0 Å². The molecule has 1 saturated heterocycles. The van der Waals surface area contributed by atoms with Crippen molar-refractivity contribution in [1.82, 2.24) is 34.8 Å². The van der Waals surface area contributed by atoms with Crippen LogP contribution >= 0.6 is 0 Å². The van der Waals surface area contributed by atoms with E-state index < -0.39 is 42.1 Å². The second-order valence-corrected chi connectivity index (χ2v) is 12.1. The van der Waals surface area contributed by atoms with Crippen LogP contribution in [0.3, 0.4) is 0 Å². The monoisotopic (exact) mass is 677 g/mol. The van der Waals surface area contributed by atoms with Gasteiger partial charge in [-0.05, 0) is 75.3 Å². The number of imidazole rings is 1. The van der Waals surface area contributed by atoms with E-state index in [1.807, 2.05) is 0 Å². The quantitative estimate of drug-likeness (QED) is 0.209. The highest BCUT2D eigenvalue weighted by atomic mass is 19.1. The summed E-state index contributed by atoms with van der Waals surface area (Å²) < 4.78 is 40.6. The van der Waals surface area contributed by atoms with E-state index in [1.165, 1.54) is 43.5 Å². The molecule has 0 radical (unpaired) electrons. The summed E-state index contributed by atoms with van der Waals surface area (Å²) in [6.07, 6.45) is 4.49. The van der Waals surface area contributed by atoms with Gasteiger partial charge in [0.15, 0.2) is 0 Å². The molecule has 4 aromatic rings. The third-order valence-corrected chi connectivity index (χ3v) is 8.76. The van der Waals surface area contributed by atoms with E-state index in [9.17, 15) is 23.2 Å². The minimum atomic E-state index is -1.03. The molecule has 2 aromatic carbocycles. The lowest BCUT2D eigenvalue weighted by Gasteiger charge is -2.34. The molecule has 0 bridgehead atoms. The van der Waals surface area contributed by atoms with Crippen LogP contribution in [0.4, 0.5) is 8.78 Å². The number of likely N-dealkylation sites (N-methyl/N-ethyl adjacent to an activating group) is 1. The maximum Gasteiger partial charge on any atom is 0.274 e. The Morgan fingerprint density at radius 3 is 2.41 bits per heavy atom. The van der Waals surface area contributed by atoms with Gasteiger partial charge in [0, 0.05) is 45.2 Å². The van der Waals surface area contributed by atoms with E-state index in [4.69, 9.17) is 9.47 Å². The number of hydrogen-bond acceptors (Lipinski definition) is 8. The third kappa shape index (κ3) is 8.75. The molecule has 1 aliphatic heterocycles. The summed E-state index contributed by atoms with van der Waals surface area (Å²) >= 11 is 0. The Bertz CT molecular complexity index is 1700. The fourth-order valence-corrected chi connectivity index (χ4v) is 5.75. The molecule has 49 heavy (non-hydrogen) atoms. The van der Waals surface area contributed by atoms with Crippen LogP contribution in [0.1, 0.15) is 36.3 Å². The average Bonchev–Trinajstić information content (AvgIpc) is 3.73. The molecule has 5 rings (SSSR count). The summed E-state index contributed by atoms with van der Waals surface area (Å²) in [5.74, 6) is -1.14. The zero-order chi connectivity index (χ0) is 35.1. The Morgan fingerprint density at radius 1 is 1.06 bits per heavy atom. The maximum atomic E-state index is 14.3. The Hall–Kier alpha value is -4.95. The van der Waals surface area contributed by atoms with E-state index in [1.54, 1.807) is 71.9 Å². The lowest BCUT2D eigenvalue weighted by Crippen LogP contribution is -2.58. The number of aromatic nitrogens is 3. The van der Waals surface area contributed by atoms with Gasteiger partial charge in [0.05, 0.1) is 24.7 Å². The summed E-state index contributed by atoms with van der Waals surface area (Å²) in [4.78, 5) is 53.3. The van der Waals surface area contributed by atoms with Gasteiger partial charge < -0.3 is 29.9 Å². The molecule has 14 heteroatoms. The number of halogens is 2. The minimum absolute atomic E-state index is 0.102. The Labute approximate surface area is 283 Å². The molecule has 2 aromatic heterocycles. The lowest BCUT2D eigenvalue weighted by atomic mass is 10.1. The Kier molecular flexibility index (Phi) is 11.5. The number of nitrogens with one attached hydrogen (secondary N) is 2. The van der Waals surface area contributed by atoms with Gasteiger partial charge in [0.2, 0.25) is 17.6 Å². The number of methoxy groups -OCH3 is 1. The van der Waals surface area contributed by atoms with Crippen molar-refractivity contribution in [3.05, 3.63) is 96.1 Å². The Balaban J connectivity index is 1.45. The number of carbonyl (C=O) groups is 3. The lowest BCUT2D eigenvalue weighted by molar-refractivity contribution is -0.141. The van der Waals surface area contributed by atoms with Gasteiger partial charge in [-0.15, -0.1) is 0 Å². The third-order valence-electron chi connectivity index (χ3n) is 8.76. The average molecular weight is 678 g/mol. The van der Waals surface area contributed by atoms with Gasteiger partial charge in [0.25, 0.3) is 5.91 Å². The van der Waals surface area contributed by atoms with Gasteiger partial charge in [-0.1, -0.05) is 12.1 Å². The summed E-state index contributed by atoms with van der Waals surface area (Å²) in [5.41, 5.74) is 0.995. The zero-order valence-electron chi connectivity index (χ0n) is 27.9. The second-order valence-electron chi connectivity index (χ2n) is 12.1. The molecule has 3 amide bonds. The van der Waals surface area contributed by atoms with Crippen LogP contribution in [0.15, 0.2) is 73.2 Å². The fourth-order valence-electron chi connectivity index (χ4n) is 5.75. The largest absolute Gasteiger partial charge is 0.489 e. The van der Waals surface area contributed by atoms with Crippen molar-refractivity contribution in [2.75, 3.05) is 33.8 Å². The molecule has 12 nitrogen and oxygen atoms in total. The normalized spacial score (nSPS) is 17.8. The SMILES string of the molecule is CN[C@@H](C)C(=O)N[C@H](C(=O)N1C[C@@H](Oc2ccc(F)cc2)C[C@H]1CN(CCc1ccc(F)cc1)C(=O)c1cn2cccnc2n1)[C@@H](C)OC. The first-order chi connectivity index (χ1) is 23.6. The van der Waals surface area contributed by atoms with Crippen LogP contribution in [0.5, 0.6) is 5.75 Å². The molecule has 1 aliphatic rings. The van der Waals surface area contributed by atoms with E-state index in [0.717, 1.165) is 5.56 Å². The van der Waals surface area contributed by atoms with Crippen LogP contribution in [-0.2, 0) is 20.7 Å². The summed E-state index contributed by atoms with van der Waals surface area (Å²) in [6.45, 7) is 3.86. The van der Waals surface area contributed by atoms with Gasteiger partial charge in [-0.2, -0.15) is 0 Å². The van der Waals surface area contributed by atoms with Gasteiger partial charge in [-0.3, -0.25) is 18.8 Å². The van der Waals surface area contributed by atoms with Gasteiger partial charge >= 0.3 is 0 Å². The van der Waals surface area contributed by atoms with Crippen LogP contribution < -0.4 is 15.4 Å². The first kappa shape index (κ1) is 35.4. The van der Waals surface area contributed by atoms with Crippen molar-refractivity contribution >= 4 is 23.5 Å². The highest BCUT2D eigenvalue weighted by molar-refractivity contribution is 5.93. The predicted octanol–water partition coefficient (Wildman–Crippen LogP) is 2.87. The summed E-state index contributed by atoms with van der Waals surface area (Å²) in [5, 5.41) is 5.70. The summed E-state index contributed by atoms with van der Waals surface area (Å²) in [6, 6.07) is 11.2. The molecule has 0 unspecified atom stereocenters. The van der Waals surface area contributed by atoms with Crippen molar-refractivity contribution in [3.8, 4) is 5.75 Å². The molecule has 0 saturated carbocycles. The fraction of sp³-hybridized carbons (Fsp3) is 0.400. The first-order valence-corrected chi connectivity index (χ1v) is 16.1. The molecule has 0 aliphatic carbocycles. The molecule has 0 spiro atoms. The number of amides is 3. The summed E-state index contributed by atoms with van der Waals surface area (Å²) in [7, 11) is 3.10. The molecule has 2 N–H and O–H groups in total. The van der Waals surface area contributed by atoms with E-state index in [2.05, 4.69) is 20.6 Å². The first-order valence-electron chi connectivity index (χ1n) is 16.1. The van der Waals surface area contributed by atoms with Gasteiger partial charge in [0.1, 0.15) is 35.2 Å². The van der Waals surface area contributed by atoms with Crippen molar-refractivity contribution in [3.63, 3.8) is 0 Å². The topological polar surface area (TPSA) is 130 Å². The highest BCUT2D eigenvalue weighted by Gasteiger charge is 2.42. The zero-order valence-corrected chi connectivity index (χ0v) is 27.9. The molecule has 3 heterocycles. The van der Waals surface area contributed by atoms with E-state index in [0.29, 0.717) is 24.4 Å². The maximum absolute atomic E-state index is 14.3. The number of benzene rings is 2. The Morgan fingerprint density at radius 2 is 1.76 bits per heavy atom. The van der Waals surface area contributed by atoms with Crippen LogP contribution in [0.2, 0.25) is 0 Å². The minimum Gasteiger partial charge on any atom is -0.489 e. The smallest absolute Gasteiger partial charge is 0.274 e. The highest BCUT2D eigenvalue weighted by Crippen LogP contribution is 2.26. The van der Waals surface area contributed by atoms with Gasteiger partial charge in [-0.25, -0.2) is 18.7 Å². The second kappa shape index (κ2) is 16.0. The standard InChI is InChI=1S/C35H41F2N7O5/c1-22(38-3)32(45)41-31(23(2)48-4)34(47)44-20-29(49-28-12-10-26(37)11-13-28)18-27(44)19-42(17-14-24-6-8-25(36)9-7-24)33(46)30-21-43-16-5-15-39-35(43)40-30/h5-13,15-16,21-23,27,29,31,38H,14,17-20H2,1-4H3,(H,41,45)/t22-,23+,27-,29-,31-/m0/s1. The number of nitrogens with zero attached hydrogens (tertiary/aromatic N) is 5. The number of rotatable bonds is 14. The molecule has 5 atom stereocenters.